The molecular weight excluding hydrogens is 430 g/mol. The third kappa shape index (κ3) is 5.05. The maximum atomic E-state index is 12.6. The molecule has 2 heterocycles. The minimum Gasteiger partial charge on any atom is -0.455 e. The number of nitrogens with zero attached hydrogens (tertiary/aromatic N) is 2. The average molecular weight is 458 g/mol. The zero-order valence-corrected chi connectivity index (χ0v) is 19.1. The summed E-state index contributed by atoms with van der Waals surface area (Å²) in [6, 6.07) is 25.0. The summed E-state index contributed by atoms with van der Waals surface area (Å²) >= 11 is 0. The van der Waals surface area contributed by atoms with Gasteiger partial charge < -0.3 is 14.4 Å². The summed E-state index contributed by atoms with van der Waals surface area (Å²) in [5.74, 6) is 1.23. The lowest BCUT2D eigenvalue weighted by molar-refractivity contribution is -0.154. The number of carbonyl (C=O) groups is 1. The van der Waals surface area contributed by atoms with E-state index in [9.17, 15) is 4.79 Å². The van der Waals surface area contributed by atoms with Gasteiger partial charge in [0.25, 0.3) is 0 Å². The van der Waals surface area contributed by atoms with Crippen molar-refractivity contribution in [3.63, 3.8) is 0 Å². The largest absolute Gasteiger partial charge is 0.455 e. The van der Waals surface area contributed by atoms with E-state index in [0.717, 1.165) is 30.5 Å². The molecule has 174 valence electrons. The molecule has 0 saturated carbocycles. The summed E-state index contributed by atoms with van der Waals surface area (Å²) in [6.45, 7) is 3.22. The highest BCUT2D eigenvalue weighted by atomic mass is 16.7. The van der Waals surface area contributed by atoms with E-state index in [-0.39, 0.29) is 5.60 Å². The molecule has 1 amide bonds. The molecule has 34 heavy (non-hydrogen) atoms. The minimum absolute atomic E-state index is 0.327. The quantitative estimate of drug-likeness (QED) is 0.516. The van der Waals surface area contributed by atoms with E-state index in [4.69, 9.17) is 14.4 Å². The standard InChI is InChI=1S/C27H27N3O4/c1-20-11-13-21(14-12-20)24-19-27(34-29-24)15-17-30(18-16-27)33-26(31)28-23-9-5-6-10-25(23)32-22-7-3-2-4-8-22/h2-14H,15-19H2,1H3,(H,28,31). The Hall–Kier alpha value is -3.84. The van der Waals surface area contributed by atoms with Gasteiger partial charge in [0.15, 0.2) is 5.75 Å². The van der Waals surface area contributed by atoms with Crippen molar-refractivity contribution in [1.29, 1.82) is 0 Å². The van der Waals surface area contributed by atoms with Crippen LogP contribution in [-0.4, -0.2) is 35.6 Å². The van der Waals surface area contributed by atoms with Gasteiger partial charge in [-0.15, -0.1) is 5.06 Å². The van der Waals surface area contributed by atoms with Crippen molar-refractivity contribution in [2.45, 2.75) is 31.8 Å². The van der Waals surface area contributed by atoms with Crippen LogP contribution in [-0.2, 0) is 9.68 Å². The molecule has 0 unspecified atom stereocenters. The number of hydrogen-bond donors (Lipinski definition) is 1. The van der Waals surface area contributed by atoms with Crippen LogP contribution in [0.5, 0.6) is 11.5 Å². The Balaban J connectivity index is 1.14. The number of hydroxylamine groups is 2. The first-order valence-electron chi connectivity index (χ1n) is 11.5. The average Bonchev–Trinajstić information content (AvgIpc) is 3.27. The highest BCUT2D eigenvalue weighted by molar-refractivity contribution is 6.01. The molecule has 3 aromatic rings. The number of aryl methyl sites for hydroxylation is 1. The first kappa shape index (κ1) is 22.0. The zero-order chi connectivity index (χ0) is 23.4. The summed E-state index contributed by atoms with van der Waals surface area (Å²) in [4.78, 5) is 24.0. The molecule has 2 aliphatic rings. The second-order valence-electron chi connectivity index (χ2n) is 8.70. The smallest absolute Gasteiger partial charge is 0.430 e. The normalized spacial score (nSPS) is 17.0. The van der Waals surface area contributed by atoms with Crippen molar-refractivity contribution in [3.8, 4) is 11.5 Å². The molecule has 7 nitrogen and oxygen atoms in total. The Labute approximate surface area is 198 Å². The van der Waals surface area contributed by atoms with E-state index in [1.807, 2.05) is 42.5 Å². The van der Waals surface area contributed by atoms with E-state index in [2.05, 4.69) is 41.7 Å². The summed E-state index contributed by atoms with van der Waals surface area (Å²) in [6.07, 6.45) is 1.67. The molecule has 1 N–H and O–H groups in total. The van der Waals surface area contributed by atoms with Crippen LogP contribution in [0.2, 0.25) is 0 Å². The van der Waals surface area contributed by atoms with Crippen molar-refractivity contribution in [3.05, 3.63) is 90.0 Å². The fraction of sp³-hybridized carbons (Fsp3) is 0.259. The van der Waals surface area contributed by atoms with Crippen molar-refractivity contribution < 1.29 is 19.2 Å². The van der Waals surface area contributed by atoms with Crippen molar-refractivity contribution in [1.82, 2.24) is 5.06 Å². The Morgan fingerprint density at radius 3 is 2.44 bits per heavy atom. The number of benzene rings is 3. The summed E-state index contributed by atoms with van der Waals surface area (Å²) in [5.41, 5.74) is 3.50. The fourth-order valence-electron chi connectivity index (χ4n) is 4.20. The molecule has 1 spiro atoms. The summed E-state index contributed by atoms with van der Waals surface area (Å²) < 4.78 is 5.90. The third-order valence-electron chi connectivity index (χ3n) is 6.16. The van der Waals surface area contributed by atoms with Gasteiger partial charge >= 0.3 is 6.09 Å². The number of oxime groups is 1. The molecule has 5 rings (SSSR count). The second-order valence-corrected chi connectivity index (χ2v) is 8.70. The highest BCUT2D eigenvalue weighted by Gasteiger charge is 2.43. The highest BCUT2D eigenvalue weighted by Crippen LogP contribution is 2.36. The first-order valence-corrected chi connectivity index (χ1v) is 11.5. The monoisotopic (exact) mass is 457 g/mol. The van der Waals surface area contributed by atoms with E-state index in [0.29, 0.717) is 30.3 Å². The van der Waals surface area contributed by atoms with E-state index in [1.54, 1.807) is 17.2 Å². The molecule has 3 aromatic carbocycles. The van der Waals surface area contributed by atoms with Crippen LogP contribution in [0.3, 0.4) is 0 Å². The molecule has 0 aromatic heterocycles. The number of piperidine rings is 1. The van der Waals surface area contributed by atoms with Crippen LogP contribution in [0.25, 0.3) is 0 Å². The van der Waals surface area contributed by atoms with Gasteiger partial charge in [0, 0.05) is 32.4 Å². The van der Waals surface area contributed by atoms with Crippen LogP contribution < -0.4 is 10.1 Å². The fourth-order valence-corrected chi connectivity index (χ4v) is 4.20. The number of ether oxygens (including phenoxy) is 1. The Morgan fingerprint density at radius 2 is 1.68 bits per heavy atom. The van der Waals surface area contributed by atoms with Gasteiger partial charge in [-0.3, -0.25) is 5.32 Å². The van der Waals surface area contributed by atoms with Crippen molar-refractivity contribution in [2.24, 2.45) is 5.16 Å². The molecule has 7 heteroatoms. The zero-order valence-electron chi connectivity index (χ0n) is 19.1. The lowest BCUT2D eigenvalue weighted by Crippen LogP contribution is -2.45. The SMILES string of the molecule is Cc1ccc(C2=NOC3(CCN(OC(=O)Nc4ccccc4Oc4ccccc4)CC3)C2)cc1. The number of anilines is 1. The van der Waals surface area contributed by atoms with Gasteiger partial charge in [-0.05, 0) is 36.8 Å². The molecule has 2 aliphatic heterocycles. The topological polar surface area (TPSA) is 72.4 Å². The molecule has 0 radical (unpaired) electrons. The lowest BCUT2D eigenvalue weighted by Gasteiger charge is -2.35. The van der Waals surface area contributed by atoms with E-state index >= 15 is 0 Å². The van der Waals surface area contributed by atoms with Gasteiger partial charge in [-0.2, -0.15) is 0 Å². The number of para-hydroxylation sites is 3. The van der Waals surface area contributed by atoms with Crippen LogP contribution >= 0.6 is 0 Å². The third-order valence-corrected chi connectivity index (χ3v) is 6.16. The lowest BCUT2D eigenvalue weighted by atomic mass is 9.86. The second kappa shape index (κ2) is 9.57. The number of rotatable bonds is 5. The van der Waals surface area contributed by atoms with Crippen molar-refractivity contribution >= 4 is 17.5 Å². The Kier molecular flexibility index (Phi) is 6.18. The maximum absolute atomic E-state index is 12.6. The number of hydrogen-bond acceptors (Lipinski definition) is 6. The predicted octanol–water partition coefficient (Wildman–Crippen LogP) is 5.91. The predicted molar refractivity (Wildman–Crippen MR) is 130 cm³/mol. The molecular formula is C27H27N3O4. The number of nitrogens with one attached hydrogen (secondary N) is 1. The van der Waals surface area contributed by atoms with Crippen LogP contribution in [0.4, 0.5) is 10.5 Å². The summed E-state index contributed by atoms with van der Waals surface area (Å²) in [5, 5.41) is 8.83. The van der Waals surface area contributed by atoms with Gasteiger partial charge in [-0.1, -0.05) is 65.3 Å². The van der Waals surface area contributed by atoms with E-state index < -0.39 is 6.09 Å². The Bertz CT molecular complexity index is 1170. The first-order chi connectivity index (χ1) is 16.6. The number of amides is 1. The van der Waals surface area contributed by atoms with Gasteiger partial charge in [0.2, 0.25) is 0 Å². The molecule has 0 bridgehead atoms. The van der Waals surface area contributed by atoms with Gasteiger partial charge in [0.05, 0.1) is 11.4 Å². The molecule has 1 saturated heterocycles. The maximum Gasteiger partial charge on any atom is 0.430 e. The van der Waals surface area contributed by atoms with Crippen molar-refractivity contribution in [2.75, 3.05) is 18.4 Å². The van der Waals surface area contributed by atoms with E-state index in [1.165, 1.54) is 5.56 Å². The van der Waals surface area contributed by atoms with Crippen LogP contribution in [0.15, 0.2) is 84.0 Å². The van der Waals surface area contributed by atoms with Crippen LogP contribution in [0.1, 0.15) is 30.4 Å². The number of carbonyl (C=O) groups excluding carboxylic acids is 1. The molecule has 1 fully saturated rings. The van der Waals surface area contributed by atoms with Crippen LogP contribution in [0, 0.1) is 6.92 Å². The van der Waals surface area contributed by atoms with Gasteiger partial charge in [0.1, 0.15) is 11.4 Å². The molecule has 0 aliphatic carbocycles. The molecule has 0 atom stereocenters. The Morgan fingerprint density at radius 1 is 0.971 bits per heavy atom. The summed E-state index contributed by atoms with van der Waals surface area (Å²) in [7, 11) is 0. The van der Waals surface area contributed by atoms with Gasteiger partial charge in [-0.25, -0.2) is 4.79 Å². The minimum atomic E-state index is -0.552.